The molecule has 0 saturated heterocycles. The molecule has 1 N–H and O–H groups in total. The number of benzene rings is 1. The summed E-state index contributed by atoms with van der Waals surface area (Å²) in [4.78, 5) is 3.09. The van der Waals surface area contributed by atoms with E-state index >= 15 is 0 Å². The maximum absolute atomic E-state index is 13.2. The number of nitrogens with one attached hydrogen (secondary N) is 1. The van der Waals surface area contributed by atoms with Crippen LogP contribution < -0.4 is 0 Å². The number of rotatable bonds is 5. The average molecular weight is 298 g/mol. The molecule has 2 rings (SSSR count). The van der Waals surface area contributed by atoms with Crippen LogP contribution in [0.3, 0.4) is 0 Å². The van der Waals surface area contributed by atoms with Gasteiger partial charge in [-0.15, -0.1) is 0 Å². The first-order valence-corrected chi connectivity index (χ1v) is 8.11. The summed E-state index contributed by atoms with van der Waals surface area (Å²) in [6, 6.07) is 4.79. The van der Waals surface area contributed by atoms with E-state index in [1.165, 1.54) is 12.1 Å². The van der Waals surface area contributed by atoms with E-state index in [0.29, 0.717) is 4.77 Å². The van der Waals surface area contributed by atoms with E-state index in [0.717, 1.165) is 30.4 Å². The molecule has 0 saturated carbocycles. The first-order valence-electron chi connectivity index (χ1n) is 6.48. The van der Waals surface area contributed by atoms with Crippen LogP contribution in [0, 0.1) is 10.6 Å². The number of nitrogens with zero attached hydrogens (tertiary/aromatic N) is 1. The third-order valence-corrected chi connectivity index (χ3v) is 5.80. The highest BCUT2D eigenvalue weighted by Gasteiger charge is 2.26. The van der Waals surface area contributed by atoms with E-state index in [1.54, 1.807) is 6.07 Å². The Bertz CT molecular complexity index is 618. The summed E-state index contributed by atoms with van der Waals surface area (Å²) in [7, 11) is 0. The Labute approximate surface area is 122 Å². The molecule has 0 atom stereocenters. The second-order valence-electron chi connectivity index (χ2n) is 4.77. The lowest BCUT2D eigenvalue weighted by Gasteiger charge is -2.30. The number of H-pyrrole nitrogens is 1. The van der Waals surface area contributed by atoms with Crippen LogP contribution in [-0.2, 0) is 6.54 Å². The van der Waals surface area contributed by atoms with Gasteiger partial charge in [0, 0.05) is 11.3 Å². The molecule has 0 spiro atoms. The highest BCUT2D eigenvalue weighted by Crippen LogP contribution is 2.33. The van der Waals surface area contributed by atoms with E-state index in [1.807, 2.05) is 11.8 Å². The SMILES string of the molecule is CCC(CC)(Cn1c(=S)[nH]c2cc(F)ccc21)SC. The topological polar surface area (TPSA) is 20.7 Å². The van der Waals surface area contributed by atoms with E-state index in [-0.39, 0.29) is 10.6 Å². The maximum Gasteiger partial charge on any atom is 0.178 e. The molecule has 2 aromatic rings. The number of aromatic nitrogens is 2. The van der Waals surface area contributed by atoms with Gasteiger partial charge in [-0.2, -0.15) is 11.8 Å². The zero-order valence-electron chi connectivity index (χ0n) is 11.5. The molecule has 19 heavy (non-hydrogen) atoms. The van der Waals surface area contributed by atoms with Crippen LogP contribution in [0.1, 0.15) is 26.7 Å². The first-order chi connectivity index (χ1) is 9.05. The molecule has 0 radical (unpaired) electrons. The summed E-state index contributed by atoms with van der Waals surface area (Å²) in [5.41, 5.74) is 1.75. The van der Waals surface area contributed by atoms with Gasteiger partial charge in [0.25, 0.3) is 0 Å². The van der Waals surface area contributed by atoms with Gasteiger partial charge >= 0.3 is 0 Å². The number of aromatic amines is 1. The largest absolute Gasteiger partial charge is 0.330 e. The standard InChI is InChI=1S/C14H19FN2S2/c1-4-14(5-2,19-3)9-17-12-7-6-10(15)8-11(12)16-13(17)18/h6-8H,4-5,9H2,1-3H3,(H,16,18). The van der Waals surface area contributed by atoms with Gasteiger partial charge in [-0.3, -0.25) is 0 Å². The van der Waals surface area contributed by atoms with Crippen molar-refractivity contribution in [2.75, 3.05) is 6.26 Å². The zero-order valence-corrected chi connectivity index (χ0v) is 13.1. The molecule has 1 aromatic carbocycles. The van der Waals surface area contributed by atoms with Crippen LogP contribution in [0.2, 0.25) is 0 Å². The van der Waals surface area contributed by atoms with Crippen LogP contribution in [-0.4, -0.2) is 20.6 Å². The number of fused-ring (bicyclic) bond motifs is 1. The quantitative estimate of drug-likeness (QED) is 0.803. The molecule has 0 amide bonds. The highest BCUT2D eigenvalue weighted by atomic mass is 32.2. The molecule has 1 aromatic heterocycles. The van der Waals surface area contributed by atoms with Gasteiger partial charge in [-0.05, 0) is 49.5 Å². The summed E-state index contributed by atoms with van der Waals surface area (Å²) in [5, 5.41) is 0. The van der Waals surface area contributed by atoms with E-state index in [4.69, 9.17) is 12.2 Å². The van der Waals surface area contributed by atoms with Crippen molar-refractivity contribution >= 4 is 35.0 Å². The molecule has 0 aliphatic heterocycles. The predicted octanol–water partition coefficient (Wildman–Crippen LogP) is 4.76. The second kappa shape index (κ2) is 5.67. The van der Waals surface area contributed by atoms with Gasteiger partial charge in [0.15, 0.2) is 4.77 Å². The minimum Gasteiger partial charge on any atom is -0.330 e. The lowest BCUT2D eigenvalue weighted by Crippen LogP contribution is -2.29. The van der Waals surface area contributed by atoms with Gasteiger partial charge in [-0.25, -0.2) is 4.39 Å². The first kappa shape index (κ1) is 14.6. The molecule has 0 bridgehead atoms. The zero-order chi connectivity index (χ0) is 14.0. The number of thioether (sulfide) groups is 1. The molecule has 0 unspecified atom stereocenters. The number of halogens is 1. The highest BCUT2D eigenvalue weighted by molar-refractivity contribution is 8.00. The normalized spacial score (nSPS) is 12.2. The van der Waals surface area contributed by atoms with Crippen LogP contribution >= 0.6 is 24.0 Å². The Kier molecular flexibility index (Phi) is 4.36. The fraction of sp³-hybridized carbons (Fsp3) is 0.500. The molecule has 0 aliphatic carbocycles. The Hall–Kier alpha value is -0.810. The average Bonchev–Trinajstić information content (AvgIpc) is 2.71. The van der Waals surface area contributed by atoms with E-state index in [9.17, 15) is 4.39 Å². The van der Waals surface area contributed by atoms with Crippen molar-refractivity contribution in [1.29, 1.82) is 0 Å². The Morgan fingerprint density at radius 1 is 1.37 bits per heavy atom. The maximum atomic E-state index is 13.2. The smallest absolute Gasteiger partial charge is 0.178 e. The van der Waals surface area contributed by atoms with Crippen LogP contribution in [0.5, 0.6) is 0 Å². The Balaban J connectivity index is 2.51. The molecule has 0 aliphatic rings. The van der Waals surface area contributed by atoms with Gasteiger partial charge in [0.1, 0.15) is 5.82 Å². The molecule has 5 heteroatoms. The molecule has 2 nitrogen and oxygen atoms in total. The summed E-state index contributed by atoms with van der Waals surface area (Å²) < 4.78 is 16.2. The predicted molar refractivity (Wildman–Crippen MR) is 83.9 cm³/mol. The van der Waals surface area contributed by atoms with Gasteiger partial charge in [-0.1, -0.05) is 13.8 Å². The van der Waals surface area contributed by atoms with Crippen molar-refractivity contribution in [3.63, 3.8) is 0 Å². The molecule has 104 valence electrons. The van der Waals surface area contributed by atoms with Gasteiger partial charge in [0.05, 0.1) is 11.0 Å². The fourth-order valence-electron chi connectivity index (χ4n) is 2.41. The lowest BCUT2D eigenvalue weighted by molar-refractivity contribution is 0.470. The number of hydrogen-bond acceptors (Lipinski definition) is 2. The van der Waals surface area contributed by atoms with Crippen molar-refractivity contribution in [3.8, 4) is 0 Å². The third kappa shape index (κ3) is 2.72. The Morgan fingerprint density at radius 3 is 2.63 bits per heavy atom. The monoisotopic (exact) mass is 298 g/mol. The number of imidazole rings is 1. The van der Waals surface area contributed by atoms with E-state index < -0.39 is 0 Å². The summed E-state index contributed by atoms with van der Waals surface area (Å²) >= 11 is 7.26. The molecule has 1 heterocycles. The summed E-state index contributed by atoms with van der Waals surface area (Å²) in [5.74, 6) is -0.238. The van der Waals surface area contributed by atoms with Gasteiger partial charge in [0.2, 0.25) is 0 Å². The third-order valence-electron chi connectivity index (χ3n) is 3.90. The van der Waals surface area contributed by atoms with Crippen molar-refractivity contribution in [3.05, 3.63) is 28.8 Å². The van der Waals surface area contributed by atoms with Crippen LogP contribution in [0.15, 0.2) is 18.2 Å². The Morgan fingerprint density at radius 2 is 2.05 bits per heavy atom. The van der Waals surface area contributed by atoms with Crippen molar-refractivity contribution in [1.82, 2.24) is 9.55 Å². The van der Waals surface area contributed by atoms with Crippen LogP contribution in [0.25, 0.3) is 11.0 Å². The van der Waals surface area contributed by atoms with Crippen LogP contribution in [0.4, 0.5) is 4.39 Å². The molecular formula is C14H19FN2S2. The number of hydrogen-bond donors (Lipinski definition) is 1. The lowest BCUT2D eigenvalue weighted by atomic mass is 10.0. The minimum atomic E-state index is -0.238. The summed E-state index contributed by atoms with van der Waals surface area (Å²) in [6.45, 7) is 5.27. The van der Waals surface area contributed by atoms with Crippen molar-refractivity contribution in [2.24, 2.45) is 0 Å². The fourth-order valence-corrected chi connectivity index (χ4v) is 3.52. The van der Waals surface area contributed by atoms with E-state index in [2.05, 4.69) is 29.7 Å². The van der Waals surface area contributed by atoms with Crippen molar-refractivity contribution in [2.45, 2.75) is 38.0 Å². The molecular weight excluding hydrogens is 279 g/mol. The van der Waals surface area contributed by atoms with Gasteiger partial charge < -0.3 is 9.55 Å². The summed E-state index contributed by atoms with van der Waals surface area (Å²) in [6.07, 6.45) is 4.31. The molecule has 0 fully saturated rings. The second-order valence-corrected chi connectivity index (χ2v) is 6.43. The van der Waals surface area contributed by atoms with Crippen molar-refractivity contribution < 1.29 is 4.39 Å². The minimum absolute atomic E-state index is 0.182.